The van der Waals surface area contributed by atoms with Gasteiger partial charge in [-0.05, 0) is 64.0 Å². The van der Waals surface area contributed by atoms with Gasteiger partial charge < -0.3 is 23.9 Å². The van der Waals surface area contributed by atoms with Crippen LogP contribution in [0, 0.1) is 0 Å². The lowest BCUT2D eigenvalue weighted by molar-refractivity contribution is -0.132. The van der Waals surface area contributed by atoms with Crippen LogP contribution in [0.3, 0.4) is 0 Å². The van der Waals surface area contributed by atoms with Crippen LogP contribution in [0.2, 0.25) is 0 Å². The van der Waals surface area contributed by atoms with Gasteiger partial charge in [-0.15, -0.1) is 0 Å². The van der Waals surface area contributed by atoms with Gasteiger partial charge in [0.05, 0.1) is 36.0 Å². The summed E-state index contributed by atoms with van der Waals surface area (Å²) < 4.78 is 23.6. The smallest absolute Gasteiger partial charge is 0.343 e. The molecule has 1 heterocycles. The lowest BCUT2D eigenvalue weighted by Crippen LogP contribution is -2.19. The highest BCUT2D eigenvalue weighted by Gasteiger charge is 2.23. The molecule has 0 radical (unpaired) electrons. The molecule has 0 aliphatic carbocycles. The van der Waals surface area contributed by atoms with Crippen LogP contribution in [-0.4, -0.2) is 43.3 Å². The molecule has 13 heteroatoms. The minimum absolute atomic E-state index is 0.146. The zero-order valence-electron chi connectivity index (χ0n) is 24.4. The molecule has 2 N–H and O–H groups in total. The van der Waals surface area contributed by atoms with Crippen molar-refractivity contribution in [2.75, 3.05) is 14.2 Å². The Morgan fingerprint density at radius 2 is 1.54 bits per heavy atom. The Morgan fingerprint density at radius 1 is 0.826 bits per heavy atom. The number of amides is 1. The molecule has 0 bridgehead atoms. The number of halogens is 3. The van der Waals surface area contributed by atoms with Gasteiger partial charge in [-0.3, -0.25) is 9.59 Å². The van der Waals surface area contributed by atoms with Crippen LogP contribution in [0.4, 0.5) is 0 Å². The van der Waals surface area contributed by atoms with Crippen molar-refractivity contribution in [3.63, 3.8) is 0 Å². The number of hydrogen-bond acceptors (Lipinski definition) is 8. The van der Waals surface area contributed by atoms with Crippen molar-refractivity contribution in [3.8, 4) is 34.1 Å². The van der Waals surface area contributed by atoms with Crippen LogP contribution in [-0.2, 0) is 4.79 Å². The minimum atomic E-state index is -0.709. The maximum Gasteiger partial charge on any atom is 0.343 e. The van der Waals surface area contributed by atoms with Gasteiger partial charge in [0, 0.05) is 32.4 Å². The third-order valence-corrected chi connectivity index (χ3v) is 8.34. The van der Waals surface area contributed by atoms with Gasteiger partial charge in [0.15, 0.2) is 17.2 Å². The fraction of sp³-hybridized carbons (Fsp3) is 0.0909. The van der Waals surface area contributed by atoms with Crippen molar-refractivity contribution in [3.05, 3.63) is 103 Å². The van der Waals surface area contributed by atoms with Crippen molar-refractivity contribution in [1.29, 1.82) is 0 Å². The fourth-order valence-electron chi connectivity index (χ4n) is 4.66. The first-order valence-corrected chi connectivity index (χ1v) is 15.8. The first-order valence-electron chi connectivity index (χ1n) is 13.5. The normalized spacial score (nSPS) is 11.0. The van der Waals surface area contributed by atoms with E-state index in [1.54, 1.807) is 25.3 Å². The molecule has 0 aliphatic heterocycles. The number of carbonyl (C=O) groups is 3. The Morgan fingerprint density at radius 3 is 2.24 bits per heavy atom. The third-order valence-electron chi connectivity index (χ3n) is 6.63. The summed E-state index contributed by atoms with van der Waals surface area (Å²) in [6.07, 6.45) is 1.36. The Kier molecular flexibility index (Phi) is 10.2. The van der Waals surface area contributed by atoms with Crippen LogP contribution in [0.1, 0.15) is 33.3 Å². The zero-order chi connectivity index (χ0) is 33.0. The summed E-state index contributed by atoms with van der Waals surface area (Å²) in [5, 5.41) is 4.97. The van der Waals surface area contributed by atoms with E-state index in [0.29, 0.717) is 31.3 Å². The molecule has 234 valence electrons. The Balaban J connectivity index is 1.44. The van der Waals surface area contributed by atoms with E-state index in [1.807, 2.05) is 36.4 Å². The van der Waals surface area contributed by atoms with Gasteiger partial charge in [0.25, 0.3) is 5.91 Å². The summed E-state index contributed by atoms with van der Waals surface area (Å²) in [6, 6.07) is 20.8. The number of hydrogen-bond donors (Lipinski definition) is 2. The van der Waals surface area contributed by atoms with Crippen molar-refractivity contribution in [1.82, 2.24) is 10.4 Å². The molecular weight excluding hydrogens is 790 g/mol. The number of aromatic amines is 1. The van der Waals surface area contributed by atoms with Crippen LogP contribution >= 0.6 is 47.8 Å². The lowest BCUT2D eigenvalue weighted by atomic mass is 10.0. The first kappa shape index (κ1) is 32.9. The highest BCUT2D eigenvalue weighted by atomic mass is 79.9. The molecule has 46 heavy (non-hydrogen) atoms. The van der Waals surface area contributed by atoms with E-state index in [-0.39, 0.29) is 28.5 Å². The molecule has 1 amide bonds. The molecule has 0 saturated carbocycles. The van der Waals surface area contributed by atoms with Crippen LogP contribution < -0.4 is 24.4 Å². The Bertz CT molecular complexity index is 2010. The van der Waals surface area contributed by atoms with Gasteiger partial charge in [-0.25, -0.2) is 10.2 Å². The van der Waals surface area contributed by atoms with Gasteiger partial charge in [0.2, 0.25) is 0 Å². The van der Waals surface area contributed by atoms with Gasteiger partial charge in [0.1, 0.15) is 11.4 Å². The quantitative estimate of drug-likeness (QED) is 0.0668. The molecule has 10 nitrogen and oxygen atoms in total. The molecule has 0 aliphatic rings. The van der Waals surface area contributed by atoms with E-state index >= 15 is 0 Å². The second-order valence-electron chi connectivity index (χ2n) is 9.59. The largest absolute Gasteiger partial charge is 0.495 e. The molecule has 1 aromatic heterocycles. The number of benzene rings is 4. The van der Waals surface area contributed by atoms with E-state index in [4.69, 9.17) is 18.9 Å². The highest BCUT2D eigenvalue weighted by Crippen LogP contribution is 2.41. The molecule has 0 unspecified atom stereocenters. The Hall–Kier alpha value is -4.46. The number of rotatable bonds is 9. The number of nitrogens with zero attached hydrogens (tertiary/aromatic N) is 1. The van der Waals surface area contributed by atoms with Crippen molar-refractivity contribution < 1.29 is 33.3 Å². The van der Waals surface area contributed by atoms with Crippen molar-refractivity contribution in [2.24, 2.45) is 5.10 Å². The summed E-state index contributed by atoms with van der Waals surface area (Å²) >= 11 is 10.5. The molecular formula is C33H24Br3N3O7. The van der Waals surface area contributed by atoms with E-state index in [0.717, 1.165) is 15.4 Å². The number of H-pyrrole nitrogens is 1. The van der Waals surface area contributed by atoms with Gasteiger partial charge in [-0.2, -0.15) is 5.10 Å². The molecule has 0 atom stereocenters. The fourth-order valence-corrected chi connectivity index (χ4v) is 6.53. The van der Waals surface area contributed by atoms with Crippen LogP contribution in [0.25, 0.3) is 22.0 Å². The lowest BCUT2D eigenvalue weighted by Gasteiger charge is -2.12. The Labute approximate surface area is 288 Å². The average molecular weight is 814 g/mol. The van der Waals surface area contributed by atoms with Gasteiger partial charge in [-0.1, -0.05) is 62.2 Å². The van der Waals surface area contributed by atoms with E-state index in [9.17, 15) is 14.4 Å². The van der Waals surface area contributed by atoms with Crippen molar-refractivity contribution >= 4 is 82.8 Å². The van der Waals surface area contributed by atoms with Crippen LogP contribution in [0.15, 0.2) is 91.3 Å². The third kappa shape index (κ3) is 7.01. The van der Waals surface area contributed by atoms with E-state index in [2.05, 4.69) is 63.3 Å². The topological polar surface area (TPSA) is 128 Å². The maximum atomic E-state index is 13.6. The molecule has 4 aromatic carbocycles. The summed E-state index contributed by atoms with van der Waals surface area (Å²) in [7, 11) is 2.95. The number of carbonyl (C=O) groups excluding carboxylic acids is 3. The van der Waals surface area contributed by atoms with Gasteiger partial charge >= 0.3 is 11.9 Å². The number of fused-ring (bicyclic) bond motifs is 1. The summed E-state index contributed by atoms with van der Waals surface area (Å²) in [5.74, 6) is -0.679. The number of methoxy groups -OCH3 is 2. The zero-order valence-corrected chi connectivity index (χ0v) is 29.2. The molecule has 0 saturated heterocycles. The minimum Gasteiger partial charge on any atom is -0.495 e. The van der Waals surface area contributed by atoms with Crippen LogP contribution in [0.5, 0.6) is 23.0 Å². The monoisotopic (exact) mass is 811 g/mol. The SMILES string of the molecule is COc1cc(C(=O)Oc2c(Br)cc(Br)cc2C=NNC(=O)c2[nH]c3c(OC)ccc(Br)c3c2-c2ccccc2)ccc1OC(C)=O. The predicted octanol–water partition coefficient (Wildman–Crippen LogP) is 8.05. The number of ether oxygens (including phenoxy) is 4. The van der Waals surface area contributed by atoms with Crippen molar-refractivity contribution in [2.45, 2.75) is 6.92 Å². The molecule has 0 fully saturated rings. The first-order chi connectivity index (χ1) is 22.1. The molecule has 0 spiro atoms. The number of nitrogens with one attached hydrogen (secondary N) is 2. The second kappa shape index (κ2) is 14.3. The summed E-state index contributed by atoms with van der Waals surface area (Å²) in [4.78, 5) is 41.3. The number of hydrazone groups is 1. The average Bonchev–Trinajstić information content (AvgIpc) is 3.45. The second-order valence-corrected chi connectivity index (χ2v) is 12.2. The molecule has 5 aromatic rings. The predicted molar refractivity (Wildman–Crippen MR) is 184 cm³/mol. The number of aromatic nitrogens is 1. The van der Waals surface area contributed by atoms with E-state index in [1.165, 1.54) is 38.4 Å². The standard InChI is InChI=1S/C33H24Br3N3O7/c1-17(40)45-24-11-9-19(14-26(24)44-3)33(42)46-31-20(13-21(34)15-23(31)36)16-37-39-32(41)30-27(18-7-5-4-6-8-18)28-22(35)10-12-25(43-2)29(28)38-30/h4-16,38H,1-3H3,(H,39,41). The highest BCUT2D eigenvalue weighted by molar-refractivity contribution is 9.11. The summed E-state index contributed by atoms with van der Waals surface area (Å²) in [5.41, 5.74) is 5.51. The summed E-state index contributed by atoms with van der Waals surface area (Å²) in [6.45, 7) is 1.26. The number of esters is 2. The molecule has 5 rings (SSSR count). The van der Waals surface area contributed by atoms with E-state index < -0.39 is 17.8 Å². The maximum absolute atomic E-state index is 13.6.